The van der Waals surface area contributed by atoms with Crippen LogP contribution in [0, 0.1) is 0 Å². The Morgan fingerprint density at radius 1 is 1.47 bits per heavy atom. The zero-order valence-corrected chi connectivity index (χ0v) is 8.89. The first-order valence-electron chi connectivity index (χ1n) is 4.77. The van der Waals surface area contributed by atoms with Gasteiger partial charge in [-0.2, -0.15) is 18.3 Å². The van der Waals surface area contributed by atoms with Crippen molar-refractivity contribution >= 4 is 5.82 Å². The first-order valence-corrected chi connectivity index (χ1v) is 4.77. The summed E-state index contributed by atoms with van der Waals surface area (Å²) in [5.74, 6) is 0.263. The van der Waals surface area contributed by atoms with Gasteiger partial charge in [-0.25, -0.2) is 0 Å². The summed E-state index contributed by atoms with van der Waals surface area (Å²) in [5.41, 5.74) is -0.714. The van der Waals surface area contributed by atoms with Gasteiger partial charge in [-0.05, 0) is 20.8 Å². The van der Waals surface area contributed by atoms with Gasteiger partial charge in [0.25, 0.3) is 0 Å². The lowest BCUT2D eigenvalue weighted by molar-refractivity contribution is -0.144. The molecular formula is C9H14F3N3. The molecule has 1 N–H and O–H groups in total. The molecule has 3 nitrogen and oxygen atoms in total. The van der Waals surface area contributed by atoms with E-state index in [2.05, 4.69) is 10.4 Å². The van der Waals surface area contributed by atoms with Crippen LogP contribution in [0.25, 0.3) is 0 Å². The molecule has 0 saturated heterocycles. The van der Waals surface area contributed by atoms with Gasteiger partial charge in [0.05, 0.1) is 0 Å². The van der Waals surface area contributed by atoms with Crippen LogP contribution < -0.4 is 5.32 Å². The molecule has 1 rings (SSSR count). The molecule has 0 amide bonds. The lowest BCUT2D eigenvalue weighted by Crippen LogP contribution is -2.16. The van der Waals surface area contributed by atoms with E-state index in [-0.39, 0.29) is 11.9 Å². The third-order valence-electron chi connectivity index (χ3n) is 1.87. The lowest BCUT2D eigenvalue weighted by atomic mass is 10.3. The van der Waals surface area contributed by atoms with Crippen LogP contribution in [-0.2, 0) is 6.18 Å². The van der Waals surface area contributed by atoms with Crippen molar-refractivity contribution in [2.24, 2.45) is 0 Å². The molecule has 0 radical (unpaired) electrons. The van der Waals surface area contributed by atoms with Gasteiger partial charge in [0, 0.05) is 18.7 Å². The van der Waals surface area contributed by atoms with Crippen molar-refractivity contribution in [2.45, 2.75) is 33.0 Å². The lowest BCUT2D eigenvalue weighted by Gasteiger charge is -2.12. The fourth-order valence-electron chi connectivity index (χ4n) is 1.27. The molecule has 0 aliphatic carbocycles. The van der Waals surface area contributed by atoms with Crippen LogP contribution >= 0.6 is 0 Å². The van der Waals surface area contributed by atoms with Crippen LogP contribution in [0.15, 0.2) is 6.07 Å². The van der Waals surface area contributed by atoms with Crippen molar-refractivity contribution in [1.29, 1.82) is 0 Å². The highest BCUT2D eigenvalue weighted by Crippen LogP contribution is 2.32. The summed E-state index contributed by atoms with van der Waals surface area (Å²) in [6.07, 6.45) is -4.36. The van der Waals surface area contributed by atoms with Crippen LogP contribution in [0.1, 0.15) is 32.5 Å². The summed E-state index contributed by atoms with van der Waals surface area (Å²) in [6.45, 7) is 5.68. The molecule has 0 aliphatic heterocycles. The highest BCUT2D eigenvalue weighted by molar-refractivity contribution is 5.36. The minimum atomic E-state index is -4.36. The average molecular weight is 221 g/mol. The summed E-state index contributed by atoms with van der Waals surface area (Å²) in [5, 5.41) is 6.61. The largest absolute Gasteiger partial charge is 0.433 e. The van der Waals surface area contributed by atoms with Crippen molar-refractivity contribution in [3.8, 4) is 0 Å². The van der Waals surface area contributed by atoms with E-state index in [1.165, 1.54) is 0 Å². The number of halogens is 3. The van der Waals surface area contributed by atoms with E-state index in [4.69, 9.17) is 0 Å². The van der Waals surface area contributed by atoms with Gasteiger partial charge >= 0.3 is 6.18 Å². The Balaban J connectivity index is 3.12. The summed E-state index contributed by atoms with van der Waals surface area (Å²) >= 11 is 0. The molecule has 1 aromatic heterocycles. The molecule has 0 aliphatic rings. The standard InChI is InChI=1S/C9H14F3N3/c1-4-13-8-5-7(9(10,11)12)15(14-8)6(2)3/h5-6H,4H2,1-3H3,(H,13,14). The SMILES string of the molecule is CCNc1cc(C(F)(F)F)n(C(C)C)n1. The highest BCUT2D eigenvalue weighted by Gasteiger charge is 2.36. The first-order chi connectivity index (χ1) is 6.86. The van der Waals surface area contributed by atoms with Gasteiger partial charge in [0.15, 0.2) is 0 Å². The Hall–Kier alpha value is -1.20. The molecule has 6 heteroatoms. The van der Waals surface area contributed by atoms with E-state index in [9.17, 15) is 13.2 Å². The summed E-state index contributed by atoms with van der Waals surface area (Å²) in [6, 6.07) is 0.720. The summed E-state index contributed by atoms with van der Waals surface area (Å²) in [7, 11) is 0. The van der Waals surface area contributed by atoms with Crippen LogP contribution in [0.4, 0.5) is 19.0 Å². The maximum atomic E-state index is 12.6. The fraction of sp³-hybridized carbons (Fsp3) is 0.667. The van der Waals surface area contributed by atoms with Crippen molar-refractivity contribution in [2.75, 3.05) is 11.9 Å². The van der Waals surface area contributed by atoms with Crippen molar-refractivity contribution in [3.05, 3.63) is 11.8 Å². The molecule has 0 saturated carbocycles. The van der Waals surface area contributed by atoms with E-state index < -0.39 is 11.9 Å². The first kappa shape index (κ1) is 11.9. The molecule has 15 heavy (non-hydrogen) atoms. The molecular weight excluding hydrogens is 207 g/mol. The highest BCUT2D eigenvalue weighted by atomic mass is 19.4. The van der Waals surface area contributed by atoms with Gasteiger partial charge in [-0.15, -0.1) is 0 Å². The Morgan fingerprint density at radius 2 is 2.07 bits per heavy atom. The van der Waals surface area contributed by atoms with Crippen LogP contribution in [-0.4, -0.2) is 16.3 Å². The van der Waals surface area contributed by atoms with Crippen LogP contribution in [0.2, 0.25) is 0 Å². The Bertz CT molecular complexity index is 328. The van der Waals surface area contributed by atoms with E-state index in [1.807, 2.05) is 6.92 Å². The number of nitrogens with zero attached hydrogens (tertiary/aromatic N) is 2. The van der Waals surface area contributed by atoms with Gasteiger partial charge in [0.1, 0.15) is 11.5 Å². The molecule has 0 aromatic carbocycles. The zero-order valence-electron chi connectivity index (χ0n) is 8.89. The minimum Gasteiger partial charge on any atom is -0.369 e. The van der Waals surface area contributed by atoms with E-state index in [0.717, 1.165) is 10.7 Å². The van der Waals surface area contributed by atoms with Gasteiger partial charge in [-0.1, -0.05) is 0 Å². The van der Waals surface area contributed by atoms with Crippen molar-refractivity contribution in [1.82, 2.24) is 9.78 Å². The number of aromatic nitrogens is 2. The molecule has 0 unspecified atom stereocenters. The average Bonchev–Trinajstić information content (AvgIpc) is 2.48. The molecule has 1 aromatic rings. The predicted molar refractivity (Wildman–Crippen MR) is 51.8 cm³/mol. The van der Waals surface area contributed by atoms with Crippen LogP contribution in [0.3, 0.4) is 0 Å². The molecule has 0 fully saturated rings. The van der Waals surface area contributed by atoms with Crippen molar-refractivity contribution in [3.63, 3.8) is 0 Å². The number of alkyl halides is 3. The normalized spacial score (nSPS) is 12.2. The number of hydrogen-bond donors (Lipinski definition) is 1. The van der Waals surface area contributed by atoms with Crippen molar-refractivity contribution < 1.29 is 13.2 Å². The predicted octanol–water partition coefficient (Wildman–Crippen LogP) is 2.91. The second kappa shape index (κ2) is 4.12. The molecule has 0 bridgehead atoms. The van der Waals surface area contributed by atoms with E-state index in [0.29, 0.717) is 6.54 Å². The van der Waals surface area contributed by atoms with Gasteiger partial charge in [0.2, 0.25) is 0 Å². The van der Waals surface area contributed by atoms with E-state index in [1.54, 1.807) is 13.8 Å². The third kappa shape index (κ3) is 2.64. The topological polar surface area (TPSA) is 29.9 Å². The summed E-state index contributed by atoms with van der Waals surface area (Å²) in [4.78, 5) is 0. The number of nitrogens with one attached hydrogen (secondary N) is 1. The van der Waals surface area contributed by atoms with E-state index >= 15 is 0 Å². The number of rotatable bonds is 3. The summed E-state index contributed by atoms with van der Waals surface area (Å²) < 4.78 is 38.7. The smallest absolute Gasteiger partial charge is 0.369 e. The third-order valence-corrected chi connectivity index (χ3v) is 1.87. The quantitative estimate of drug-likeness (QED) is 0.850. The molecule has 86 valence electrons. The molecule has 1 heterocycles. The second-order valence-corrected chi connectivity index (χ2v) is 3.48. The zero-order chi connectivity index (χ0) is 11.6. The van der Waals surface area contributed by atoms with Gasteiger partial charge < -0.3 is 5.32 Å². The molecule has 0 spiro atoms. The Morgan fingerprint density at radius 3 is 2.40 bits per heavy atom. The molecule has 0 atom stereocenters. The fourth-order valence-corrected chi connectivity index (χ4v) is 1.27. The Labute approximate surface area is 86.3 Å². The van der Waals surface area contributed by atoms with Crippen LogP contribution in [0.5, 0.6) is 0 Å². The number of anilines is 1. The Kier molecular flexibility index (Phi) is 3.26. The maximum Gasteiger partial charge on any atom is 0.433 e. The monoisotopic (exact) mass is 221 g/mol. The number of hydrogen-bond acceptors (Lipinski definition) is 2. The minimum absolute atomic E-state index is 0.263. The second-order valence-electron chi connectivity index (χ2n) is 3.48. The maximum absolute atomic E-state index is 12.6. The van der Waals surface area contributed by atoms with Gasteiger partial charge in [-0.3, -0.25) is 4.68 Å².